The maximum absolute atomic E-state index is 14.8. The van der Waals surface area contributed by atoms with Gasteiger partial charge < -0.3 is 28.7 Å². The van der Waals surface area contributed by atoms with Gasteiger partial charge in [0.05, 0.1) is 13.2 Å². The SMILES string of the molecule is CCCCC/C=C\C/C=C\CCCCCCCCOCC(OC(=O)OC(COCCCCCCCC/C=C\C/C=C\CCCCC)C(CCCCCCCCCCCCCCCCC)C(CC)N(C)C)C(CCCCCCCCCCCCCCCCC)C(CC)N(C)C. The summed E-state index contributed by atoms with van der Waals surface area (Å²) in [6.45, 7) is 16.0. The summed E-state index contributed by atoms with van der Waals surface area (Å²) in [6, 6.07) is 0.527. The molecule has 6 unspecified atom stereocenters. The molecular weight excluding hydrogens is 1150 g/mol. The summed E-state index contributed by atoms with van der Waals surface area (Å²) >= 11 is 0. The van der Waals surface area contributed by atoms with Crippen LogP contribution in [0.5, 0.6) is 0 Å². The van der Waals surface area contributed by atoms with E-state index in [4.69, 9.17) is 18.9 Å². The Labute approximate surface area is 590 Å². The lowest BCUT2D eigenvalue weighted by Crippen LogP contribution is -2.47. The Kier molecular flexibility index (Phi) is 73.7. The highest BCUT2D eigenvalue weighted by atomic mass is 16.7. The second-order valence-corrected chi connectivity index (χ2v) is 29.6. The number of allylic oxidation sites excluding steroid dienone is 8. The lowest BCUT2D eigenvalue weighted by molar-refractivity contribution is -0.0914. The lowest BCUT2D eigenvalue weighted by atomic mass is 9.86. The first-order valence-corrected chi connectivity index (χ1v) is 42.2. The van der Waals surface area contributed by atoms with Gasteiger partial charge in [0, 0.05) is 37.1 Å². The average molecular weight is 1320 g/mol. The van der Waals surface area contributed by atoms with Crippen molar-refractivity contribution in [2.45, 2.75) is 438 Å². The van der Waals surface area contributed by atoms with Gasteiger partial charge in [0.15, 0.2) is 0 Å². The van der Waals surface area contributed by atoms with Gasteiger partial charge >= 0.3 is 6.16 Å². The Morgan fingerprint density at radius 2 is 0.511 bits per heavy atom. The molecule has 0 rings (SSSR count). The minimum absolute atomic E-state index is 0.144. The van der Waals surface area contributed by atoms with E-state index in [1.807, 2.05) is 0 Å². The van der Waals surface area contributed by atoms with E-state index in [2.05, 4.69) is 128 Å². The van der Waals surface area contributed by atoms with Crippen LogP contribution in [0.3, 0.4) is 0 Å². The number of ether oxygens (including phenoxy) is 4. The molecule has 7 nitrogen and oxygen atoms in total. The summed E-state index contributed by atoms with van der Waals surface area (Å²) in [4.78, 5) is 19.6. The monoisotopic (exact) mass is 1320 g/mol. The first-order chi connectivity index (χ1) is 46.2. The molecule has 0 aliphatic heterocycles. The van der Waals surface area contributed by atoms with Crippen LogP contribution in [0.4, 0.5) is 4.79 Å². The highest BCUT2D eigenvalue weighted by Crippen LogP contribution is 2.31. The van der Waals surface area contributed by atoms with Crippen LogP contribution < -0.4 is 0 Å². The van der Waals surface area contributed by atoms with Crippen LogP contribution in [0.1, 0.15) is 414 Å². The van der Waals surface area contributed by atoms with Crippen molar-refractivity contribution < 1.29 is 23.7 Å². The van der Waals surface area contributed by atoms with Crippen molar-refractivity contribution in [3.8, 4) is 0 Å². The molecule has 0 aliphatic carbocycles. The summed E-state index contributed by atoms with van der Waals surface area (Å²) in [5, 5.41) is 0. The van der Waals surface area contributed by atoms with Crippen LogP contribution in [0.2, 0.25) is 0 Å². The molecule has 0 N–H and O–H groups in total. The second-order valence-electron chi connectivity index (χ2n) is 29.6. The highest BCUT2D eigenvalue weighted by molar-refractivity contribution is 5.60. The zero-order chi connectivity index (χ0) is 68.5. The molecule has 94 heavy (non-hydrogen) atoms. The van der Waals surface area contributed by atoms with Gasteiger partial charge in [-0.2, -0.15) is 0 Å². The second kappa shape index (κ2) is 75.3. The predicted octanol–water partition coefficient (Wildman–Crippen LogP) is 28.0. The maximum atomic E-state index is 14.8. The first kappa shape index (κ1) is 92.1. The topological polar surface area (TPSA) is 60.5 Å². The molecule has 0 aromatic carbocycles. The number of carbonyl (C=O) groups is 1. The number of rotatable bonds is 76. The Morgan fingerprint density at radius 3 is 0.766 bits per heavy atom. The van der Waals surface area contributed by atoms with Gasteiger partial charge in [-0.3, -0.25) is 0 Å². The van der Waals surface area contributed by atoms with Gasteiger partial charge in [-0.25, -0.2) is 4.79 Å². The fourth-order valence-electron chi connectivity index (χ4n) is 14.4. The van der Waals surface area contributed by atoms with Crippen molar-refractivity contribution in [3.63, 3.8) is 0 Å². The summed E-state index contributed by atoms with van der Waals surface area (Å²) in [7, 11) is 8.85. The highest BCUT2D eigenvalue weighted by Gasteiger charge is 2.37. The van der Waals surface area contributed by atoms with Gasteiger partial charge in [-0.1, -0.05) is 360 Å². The van der Waals surface area contributed by atoms with E-state index in [1.54, 1.807) is 0 Å². The zero-order valence-corrected chi connectivity index (χ0v) is 65.4. The van der Waals surface area contributed by atoms with Crippen molar-refractivity contribution >= 4 is 6.16 Å². The third-order valence-corrected chi connectivity index (χ3v) is 20.4. The summed E-state index contributed by atoms with van der Waals surface area (Å²) in [5.41, 5.74) is 0. The number of nitrogens with zero attached hydrogens (tertiary/aromatic N) is 2. The number of unbranched alkanes of at least 4 members (excludes halogenated alkanes) is 46. The Bertz CT molecular complexity index is 1500. The fraction of sp³-hybridized carbons (Fsp3) is 0.897. The third-order valence-electron chi connectivity index (χ3n) is 20.4. The van der Waals surface area contributed by atoms with Gasteiger partial charge in [0.2, 0.25) is 0 Å². The van der Waals surface area contributed by atoms with Crippen molar-refractivity contribution in [1.82, 2.24) is 9.80 Å². The van der Waals surface area contributed by atoms with E-state index in [9.17, 15) is 4.79 Å². The third kappa shape index (κ3) is 61.2. The van der Waals surface area contributed by atoms with E-state index in [0.717, 1.165) is 64.2 Å². The molecule has 0 fully saturated rings. The number of carbonyl (C=O) groups excluding carboxylic acids is 1. The van der Waals surface area contributed by atoms with Crippen LogP contribution in [0.15, 0.2) is 48.6 Å². The molecule has 7 heteroatoms. The molecule has 0 aliphatic rings. The van der Waals surface area contributed by atoms with Crippen LogP contribution in [-0.2, 0) is 18.9 Å². The molecule has 0 saturated heterocycles. The molecule has 0 aromatic rings. The van der Waals surface area contributed by atoms with Crippen molar-refractivity contribution in [2.75, 3.05) is 54.6 Å². The zero-order valence-electron chi connectivity index (χ0n) is 65.4. The molecule has 0 heterocycles. The molecular formula is C87H168N2O5. The standard InChI is InChI=1S/C87H168N2O5/c1-11-17-21-25-29-33-37-41-45-49-53-57-61-65-69-73-77-91-79-85(81(83(15-5)88(7)8)75-71-67-63-59-55-51-47-43-39-35-31-27-23-19-13-3)93-87(90)94-86(80-92-78-74-70-66-62-58-54-50-46-42-38-34-30-26-22-18-12-2)82(84(16-6)89(9)10)76-72-68-64-60-56-52-48-44-40-36-32-28-24-20-14-4/h29-30,33-34,41-42,45-46,81-86H,11-28,31-32,35-40,43-44,47-80H2,1-10H3/b33-29-,34-30-,45-41-,46-42-. The van der Waals surface area contributed by atoms with Crippen LogP contribution in [-0.4, -0.2) is 94.9 Å². The van der Waals surface area contributed by atoms with E-state index in [0.29, 0.717) is 26.4 Å². The molecule has 0 bridgehead atoms. The fourth-order valence-corrected chi connectivity index (χ4v) is 14.4. The number of hydrogen-bond acceptors (Lipinski definition) is 7. The van der Waals surface area contributed by atoms with E-state index >= 15 is 0 Å². The largest absolute Gasteiger partial charge is 0.509 e. The van der Waals surface area contributed by atoms with Crippen LogP contribution in [0.25, 0.3) is 0 Å². The quantitative estimate of drug-likeness (QED) is 0.0342. The Hall–Kier alpha value is -1.93. The van der Waals surface area contributed by atoms with Crippen LogP contribution in [0, 0.1) is 11.8 Å². The molecule has 0 aromatic heterocycles. The molecule has 0 saturated carbocycles. The lowest BCUT2D eigenvalue weighted by Gasteiger charge is -2.38. The average Bonchev–Trinajstić information content (AvgIpc) is 0.960. The van der Waals surface area contributed by atoms with Gasteiger partial charge in [-0.05, 0) is 131 Å². The van der Waals surface area contributed by atoms with Gasteiger partial charge in [-0.15, -0.1) is 0 Å². The minimum atomic E-state index is -0.533. The van der Waals surface area contributed by atoms with Crippen molar-refractivity contribution in [3.05, 3.63) is 48.6 Å². The molecule has 556 valence electrons. The minimum Gasteiger partial charge on any atom is -0.428 e. The summed E-state index contributed by atoms with van der Waals surface area (Å²) in [6.07, 6.45) is 91.6. The molecule has 0 radical (unpaired) electrons. The smallest absolute Gasteiger partial charge is 0.428 e. The van der Waals surface area contributed by atoms with Crippen molar-refractivity contribution in [1.29, 1.82) is 0 Å². The molecule has 6 atom stereocenters. The summed E-state index contributed by atoms with van der Waals surface area (Å²) in [5.74, 6) is 0.287. The molecule has 0 spiro atoms. The van der Waals surface area contributed by atoms with E-state index in [1.165, 1.54) is 308 Å². The maximum Gasteiger partial charge on any atom is 0.509 e. The van der Waals surface area contributed by atoms with Gasteiger partial charge in [0.25, 0.3) is 0 Å². The first-order valence-electron chi connectivity index (χ1n) is 42.2. The number of hydrogen-bond donors (Lipinski definition) is 0. The normalized spacial score (nSPS) is 14.3. The van der Waals surface area contributed by atoms with Crippen LogP contribution >= 0.6 is 0 Å². The Balaban J connectivity index is 6.13. The van der Waals surface area contributed by atoms with E-state index in [-0.39, 0.29) is 36.1 Å². The molecule has 0 amide bonds. The predicted molar refractivity (Wildman–Crippen MR) is 417 cm³/mol. The summed E-state index contributed by atoms with van der Waals surface area (Å²) < 4.78 is 26.8. The van der Waals surface area contributed by atoms with Crippen molar-refractivity contribution in [2.24, 2.45) is 11.8 Å². The Morgan fingerprint density at radius 1 is 0.287 bits per heavy atom. The van der Waals surface area contributed by atoms with Gasteiger partial charge in [0.1, 0.15) is 12.2 Å². The van der Waals surface area contributed by atoms with E-state index < -0.39 is 6.16 Å².